The lowest BCUT2D eigenvalue weighted by atomic mass is 10.1. The number of halogens is 4. The number of aromatic nitrogens is 2. The average molecular weight is 349 g/mol. The van der Waals surface area contributed by atoms with E-state index < -0.39 is 11.9 Å². The SMILES string of the molecule is Cn1nc(C(F)(F)F)cc1-c1ccc(NCc2ccccc2F)cc1. The van der Waals surface area contributed by atoms with Crippen LogP contribution in [0, 0.1) is 5.82 Å². The number of benzene rings is 2. The van der Waals surface area contributed by atoms with Crippen molar-refractivity contribution >= 4 is 5.69 Å². The molecule has 130 valence electrons. The molecule has 0 bridgehead atoms. The van der Waals surface area contributed by atoms with Gasteiger partial charge in [0.25, 0.3) is 0 Å². The standard InChI is InChI=1S/C18H15F4N3/c1-25-16(10-17(24-25)18(20,21)22)12-6-8-14(9-7-12)23-11-13-4-2-3-5-15(13)19/h2-10,23H,11H2,1H3. The molecule has 2 aromatic carbocycles. The van der Waals surface area contributed by atoms with Crippen LogP contribution < -0.4 is 5.32 Å². The third-order valence-corrected chi connectivity index (χ3v) is 3.79. The zero-order valence-electron chi connectivity index (χ0n) is 13.3. The summed E-state index contributed by atoms with van der Waals surface area (Å²) in [7, 11) is 1.47. The molecule has 7 heteroatoms. The third kappa shape index (κ3) is 3.81. The van der Waals surface area contributed by atoms with E-state index in [9.17, 15) is 17.6 Å². The van der Waals surface area contributed by atoms with Gasteiger partial charge in [0.1, 0.15) is 5.82 Å². The van der Waals surface area contributed by atoms with Crippen molar-refractivity contribution in [2.45, 2.75) is 12.7 Å². The van der Waals surface area contributed by atoms with Crippen molar-refractivity contribution in [2.75, 3.05) is 5.32 Å². The Hall–Kier alpha value is -2.83. The lowest BCUT2D eigenvalue weighted by Gasteiger charge is -2.08. The summed E-state index contributed by atoms with van der Waals surface area (Å²) in [6, 6.07) is 14.3. The molecule has 0 spiro atoms. The Morgan fingerprint density at radius 3 is 2.32 bits per heavy atom. The van der Waals surface area contributed by atoms with Crippen molar-refractivity contribution in [3.8, 4) is 11.3 Å². The second-order valence-electron chi connectivity index (χ2n) is 5.56. The molecule has 0 amide bonds. The predicted molar refractivity (Wildman–Crippen MR) is 87.4 cm³/mol. The van der Waals surface area contributed by atoms with Crippen LogP contribution in [0.2, 0.25) is 0 Å². The highest BCUT2D eigenvalue weighted by atomic mass is 19.4. The average Bonchev–Trinajstić information content (AvgIpc) is 2.97. The molecule has 0 saturated carbocycles. The molecule has 0 aliphatic heterocycles. The van der Waals surface area contributed by atoms with Crippen molar-refractivity contribution in [3.63, 3.8) is 0 Å². The Morgan fingerprint density at radius 2 is 1.72 bits per heavy atom. The van der Waals surface area contributed by atoms with Gasteiger partial charge in [-0.1, -0.05) is 30.3 Å². The van der Waals surface area contributed by atoms with Crippen LogP contribution in [0.1, 0.15) is 11.3 Å². The maximum Gasteiger partial charge on any atom is 0.435 e. The van der Waals surface area contributed by atoms with Crippen LogP contribution in [0.4, 0.5) is 23.2 Å². The lowest BCUT2D eigenvalue weighted by molar-refractivity contribution is -0.141. The van der Waals surface area contributed by atoms with E-state index in [0.29, 0.717) is 23.4 Å². The van der Waals surface area contributed by atoms with Gasteiger partial charge >= 0.3 is 6.18 Å². The molecule has 1 N–H and O–H groups in total. The number of hydrogen-bond donors (Lipinski definition) is 1. The molecular weight excluding hydrogens is 334 g/mol. The van der Waals surface area contributed by atoms with Gasteiger partial charge in [0.05, 0.1) is 5.69 Å². The highest BCUT2D eigenvalue weighted by molar-refractivity contribution is 5.63. The number of rotatable bonds is 4. The quantitative estimate of drug-likeness (QED) is 0.682. The Kier molecular flexibility index (Phi) is 4.48. The molecule has 0 fully saturated rings. The van der Waals surface area contributed by atoms with Crippen LogP contribution in [0.5, 0.6) is 0 Å². The molecular formula is C18H15F4N3. The van der Waals surface area contributed by atoms with Gasteiger partial charge in [0.15, 0.2) is 5.69 Å². The monoisotopic (exact) mass is 349 g/mol. The Bertz CT molecular complexity index is 867. The maximum atomic E-state index is 13.6. The minimum atomic E-state index is -4.47. The van der Waals surface area contributed by atoms with E-state index in [1.807, 2.05) is 0 Å². The largest absolute Gasteiger partial charge is 0.435 e. The van der Waals surface area contributed by atoms with Gasteiger partial charge < -0.3 is 5.32 Å². The van der Waals surface area contributed by atoms with Gasteiger partial charge in [-0.05, 0) is 29.8 Å². The Balaban J connectivity index is 1.75. The molecule has 0 radical (unpaired) electrons. The van der Waals surface area contributed by atoms with E-state index >= 15 is 0 Å². The fourth-order valence-corrected chi connectivity index (χ4v) is 2.47. The van der Waals surface area contributed by atoms with E-state index in [2.05, 4.69) is 10.4 Å². The number of hydrogen-bond acceptors (Lipinski definition) is 2. The summed E-state index contributed by atoms with van der Waals surface area (Å²) in [4.78, 5) is 0. The van der Waals surface area contributed by atoms with Crippen LogP contribution in [0.25, 0.3) is 11.3 Å². The van der Waals surface area contributed by atoms with E-state index in [1.165, 1.54) is 17.8 Å². The van der Waals surface area contributed by atoms with Crippen molar-refractivity contribution in [1.82, 2.24) is 9.78 Å². The number of aryl methyl sites for hydroxylation is 1. The van der Waals surface area contributed by atoms with E-state index in [1.54, 1.807) is 42.5 Å². The summed E-state index contributed by atoms with van der Waals surface area (Å²) in [6.45, 7) is 0.315. The number of alkyl halides is 3. The second-order valence-corrected chi connectivity index (χ2v) is 5.56. The zero-order chi connectivity index (χ0) is 18.0. The van der Waals surface area contributed by atoms with Crippen LogP contribution in [0.3, 0.4) is 0 Å². The first kappa shape index (κ1) is 17.0. The van der Waals surface area contributed by atoms with E-state index in [0.717, 1.165) is 11.8 Å². The van der Waals surface area contributed by atoms with E-state index in [4.69, 9.17) is 0 Å². The molecule has 0 unspecified atom stereocenters. The highest BCUT2D eigenvalue weighted by Gasteiger charge is 2.34. The molecule has 0 aliphatic carbocycles. The van der Waals surface area contributed by atoms with Gasteiger partial charge in [0, 0.05) is 24.8 Å². The second kappa shape index (κ2) is 6.58. The summed E-state index contributed by atoms with van der Waals surface area (Å²) in [5.41, 5.74) is 1.33. The molecule has 3 rings (SSSR count). The Labute approximate surface area is 141 Å². The van der Waals surface area contributed by atoms with Crippen molar-refractivity contribution in [3.05, 3.63) is 71.7 Å². The summed E-state index contributed by atoms with van der Waals surface area (Å²) in [5.74, 6) is -0.291. The third-order valence-electron chi connectivity index (χ3n) is 3.79. The van der Waals surface area contributed by atoms with Crippen molar-refractivity contribution in [1.29, 1.82) is 0 Å². The van der Waals surface area contributed by atoms with Crippen LogP contribution >= 0.6 is 0 Å². The zero-order valence-corrected chi connectivity index (χ0v) is 13.3. The summed E-state index contributed by atoms with van der Waals surface area (Å²) < 4.78 is 53.0. The Morgan fingerprint density at radius 1 is 1.04 bits per heavy atom. The topological polar surface area (TPSA) is 29.9 Å². The van der Waals surface area contributed by atoms with Crippen molar-refractivity contribution < 1.29 is 17.6 Å². The summed E-state index contributed by atoms with van der Waals surface area (Å²) in [5, 5.41) is 6.58. The van der Waals surface area contributed by atoms with Crippen LogP contribution in [-0.2, 0) is 19.8 Å². The van der Waals surface area contributed by atoms with Gasteiger partial charge in [-0.15, -0.1) is 0 Å². The maximum absolute atomic E-state index is 13.6. The smallest absolute Gasteiger partial charge is 0.381 e. The molecule has 0 saturated heterocycles. The van der Waals surface area contributed by atoms with Gasteiger partial charge in [-0.3, -0.25) is 4.68 Å². The summed E-state index contributed by atoms with van der Waals surface area (Å²) >= 11 is 0. The predicted octanol–water partition coefficient (Wildman–Crippen LogP) is 4.86. The molecule has 1 aromatic heterocycles. The molecule has 3 aromatic rings. The van der Waals surface area contributed by atoms with Gasteiger partial charge in [-0.2, -0.15) is 18.3 Å². The number of nitrogens with one attached hydrogen (secondary N) is 1. The first-order valence-electron chi connectivity index (χ1n) is 7.53. The van der Waals surface area contributed by atoms with Crippen LogP contribution in [0.15, 0.2) is 54.6 Å². The summed E-state index contributed by atoms with van der Waals surface area (Å²) in [6.07, 6.45) is -4.47. The fourth-order valence-electron chi connectivity index (χ4n) is 2.47. The molecule has 0 aliphatic rings. The molecule has 0 atom stereocenters. The fraction of sp³-hybridized carbons (Fsp3) is 0.167. The number of nitrogens with zero attached hydrogens (tertiary/aromatic N) is 2. The normalized spacial score (nSPS) is 11.6. The first-order chi connectivity index (χ1) is 11.8. The highest BCUT2D eigenvalue weighted by Crippen LogP contribution is 2.31. The minimum absolute atomic E-state index is 0.291. The van der Waals surface area contributed by atoms with Gasteiger partial charge in [0.2, 0.25) is 0 Å². The lowest BCUT2D eigenvalue weighted by Crippen LogP contribution is -2.06. The van der Waals surface area contributed by atoms with Crippen molar-refractivity contribution in [2.24, 2.45) is 7.05 Å². The minimum Gasteiger partial charge on any atom is -0.381 e. The molecule has 25 heavy (non-hydrogen) atoms. The first-order valence-corrected chi connectivity index (χ1v) is 7.53. The van der Waals surface area contributed by atoms with Gasteiger partial charge in [-0.25, -0.2) is 4.39 Å². The molecule has 1 heterocycles. The van der Waals surface area contributed by atoms with Crippen LogP contribution in [-0.4, -0.2) is 9.78 Å². The van der Waals surface area contributed by atoms with E-state index in [-0.39, 0.29) is 5.82 Å². The number of anilines is 1. The molecule has 3 nitrogen and oxygen atoms in total.